The van der Waals surface area contributed by atoms with Crippen LogP contribution in [0.5, 0.6) is 0 Å². The first-order valence-electron chi connectivity index (χ1n) is 5.94. The summed E-state index contributed by atoms with van der Waals surface area (Å²) >= 11 is 0. The van der Waals surface area contributed by atoms with Crippen molar-refractivity contribution in [3.63, 3.8) is 0 Å². The Hall–Kier alpha value is -1.94. The number of aromatic nitrogens is 2. The highest BCUT2D eigenvalue weighted by Crippen LogP contribution is 2.19. The van der Waals surface area contributed by atoms with Crippen LogP contribution in [0.15, 0.2) is 35.1 Å². The minimum absolute atomic E-state index is 0.155. The lowest BCUT2D eigenvalue weighted by Gasteiger charge is -2.06. The molecule has 0 unspecified atom stereocenters. The van der Waals surface area contributed by atoms with E-state index in [0.717, 1.165) is 11.1 Å². The van der Waals surface area contributed by atoms with E-state index in [0.29, 0.717) is 24.7 Å². The Balaban J connectivity index is 2.42. The topological polar surface area (TPSA) is 55.0 Å². The van der Waals surface area contributed by atoms with Crippen LogP contribution in [0, 0.1) is 6.92 Å². The van der Waals surface area contributed by atoms with Gasteiger partial charge in [-0.25, -0.2) is 4.98 Å². The molecule has 0 amide bonds. The second kappa shape index (κ2) is 5.60. The molecule has 0 aliphatic rings. The van der Waals surface area contributed by atoms with Gasteiger partial charge in [-0.3, -0.25) is 4.79 Å². The third kappa shape index (κ3) is 2.84. The molecule has 0 saturated heterocycles. The van der Waals surface area contributed by atoms with Gasteiger partial charge in [-0.2, -0.15) is 0 Å². The van der Waals surface area contributed by atoms with Crippen molar-refractivity contribution in [2.24, 2.45) is 0 Å². The van der Waals surface area contributed by atoms with Crippen LogP contribution >= 0.6 is 0 Å². The third-order valence-electron chi connectivity index (χ3n) is 2.65. The van der Waals surface area contributed by atoms with Crippen LogP contribution in [0.2, 0.25) is 0 Å². The van der Waals surface area contributed by atoms with E-state index in [1.165, 1.54) is 6.07 Å². The molecular weight excluding hydrogens is 228 g/mol. The summed E-state index contributed by atoms with van der Waals surface area (Å²) < 4.78 is 5.26. The standard InChI is InChI=1S/C14H16N2O2/c1-3-18-9-13-15-12(8-14(17)16-13)11-7-5-4-6-10(11)2/h4-8H,3,9H2,1-2H3,(H,15,16,17). The van der Waals surface area contributed by atoms with Crippen molar-refractivity contribution in [1.29, 1.82) is 0 Å². The molecule has 0 saturated carbocycles. The Morgan fingerprint density at radius 2 is 2.11 bits per heavy atom. The molecule has 0 aliphatic heterocycles. The average Bonchev–Trinajstić information content (AvgIpc) is 2.36. The predicted octanol–water partition coefficient (Wildman–Crippen LogP) is 2.28. The summed E-state index contributed by atoms with van der Waals surface area (Å²) in [7, 11) is 0. The van der Waals surface area contributed by atoms with Crippen molar-refractivity contribution in [3.8, 4) is 11.3 Å². The molecule has 0 radical (unpaired) electrons. The van der Waals surface area contributed by atoms with E-state index in [9.17, 15) is 4.79 Å². The molecule has 4 heteroatoms. The first kappa shape index (κ1) is 12.5. The predicted molar refractivity (Wildman–Crippen MR) is 70.4 cm³/mol. The Kier molecular flexibility index (Phi) is 3.89. The molecule has 18 heavy (non-hydrogen) atoms. The van der Waals surface area contributed by atoms with Gasteiger partial charge < -0.3 is 9.72 Å². The largest absolute Gasteiger partial charge is 0.374 e. The van der Waals surface area contributed by atoms with Crippen molar-refractivity contribution >= 4 is 0 Å². The van der Waals surface area contributed by atoms with Crippen LogP contribution in [0.4, 0.5) is 0 Å². The Labute approximate surface area is 106 Å². The molecule has 1 N–H and O–H groups in total. The fourth-order valence-corrected chi connectivity index (χ4v) is 1.77. The number of rotatable bonds is 4. The van der Waals surface area contributed by atoms with Crippen LogP contribution < -0.4 is 5.56 Å². The van der Waals surface area contributed by atoms with Crippen molar-refractivity contribution in [3.05, 3.63) is 52.1 Å². The Bertz CT molecular complexity index is 590. The molecule has 0 aliphatic carbocycles. The van der Waals surface area contributed by atoms with Gasteiger partial charge in [0.05, 0.1) is 5.69 Å². The van der Waals surface area contributed by atoms with Crippen LogP contribution in [-0.2, 0) is 11.3 Å². The van der Waals surface area contributed by atoms with Gasteiger partial charge in [0.25, 0.3) is 5.56 Å². The molecule has 0 spiro atoms. The lowest BCUT2D eigenvalue weighted by Crippen LogP contribution is -2.12. The molecule has 2 rings (SSSR count). The molecule has 0 fully saturated rings. The highest BCUT2D eigenvalue weighted by atomic mass is 16.5. The zero-order valence-corrected chi connectivity index (χ0v) is 10.6. The molecule has 2 aromatic rings. The second-order valence-corrected chi connectivity index (χ2v) is 4.03. The monoisotopic (exact) mass is 244 g/mol. The molecule has 0 bridgehead atoms. The Morgan fingerprint density at radius 3 is 2.83 bits per heavy atom. The van der Waals surface area contributed by atoms with Gasteiger partial charge in [0.15, 0.2) is 0 Å². The first-order valence-corrected chi connectivity index (χ1v) is 5.94. The van der Waals surface area contributed by atoms with Gasteiger partial charge in [0.2, 0.25) is 0 Å². The van der Waals surface area contributed by atoms with Crippen molar-refractivity contribution < 1.29 is 4.74 Å². The summed E-state index contributed by atoms with van der Waals surface area (Å²) in [5.41, 5.74) is 2.60. The average molecular weight is 244 g/mol. The van der Waals surface area contributed by atoms with Gasteiger partial charge in [-0.1, -0.05) is 24.3 Å². The number of aromatic amines is 1. The molecule has 1 aromatic carbocycles. The maximum atomic E-state index is 11.6. The molecular formula is C14H16N2O2. The smallest absolute Gasteiger partial charge is 0.251 e. The van der Waals surface area contributed by atoms with E-state index in [1.807, 2.05) is 38.1 Å². The van der Waals surface area contributed by atoms with Crippen LogP contribution in [-0.4, -0.2) is 16.6 Å². The lowest BCUT2D eigenvalue weighted by atomic mass is 10.1. The van der Waals surface area contributed by atoms with Gasteiger partial charge in [-0.05, 0) is 19.4 Å². The number of aryl methyl sites for hydroxylation is 1. The van der Waals surface area contributed by atoms with Crippen molar-refractivity contribution in [1.82, 2.24) is 9.97 Å². The van der Waals surface area contributed by atoms with Crippen molar-refractivity contribution in [2.75, 3.05) is 6.61 Å². The summed E-state index contributed by atoms with van der Waals surface area (Å²) in [6.07, 6.45) is 0. The minimum Gasteiger partial charge on any atom is -0.374 e. The number of H-pyrrole nitrogens is 1. The van der Waals surface area contributed by atoms with Crippen LogP contribution in [0.1, 0.15) is 18.3 Å². The number of hydrogen-bond acceptors (Lipinski definition) is 3. The second-order valence-electron chi connectivity index (χ2n) is 4.03. The van der Waals surface area contributed by atoms with E-state index in [-0.39, 0.29) is 5.56 Å². The normalized spacial score (nSPS) is 10.6. The number of nitrogens with zero attached hydrogens (tertiary/aromatic N) is 1. The maximum Gasteiger partial charge on any atom is 0.251 e. The summed E-state index contributed by atoms with van der Waals surface area (Å²) in [5.74, 6) is 0.558. The number of nitrogens with one attached hydrogen (secondary N) is 1. The van der Waals surface area contributed by atoms with E-state index < -0.39 is 0 Å². The van der Waals surface area contributed by atoms with Crippen LogP contribution in [0.3, 0.4) is 0 Å². The zero-order valence-electron chi connectivity index (χ0n) is 10.6. The Morgan fingerprint density at radius 1 is 1.33 bits per heavy atom. The number of ether oxygens (including phenoxy) is 1. The first-order chi connectivity index (χ1) is 8.70. The van der Waals surface area contributed by atoms with E-state index >= 15 is 0 Å². The molecule has 4 nitrogen and oxygen atoms in total. The highest BCUT2D eigenvalue weighted by molar-refractivity contribution is 5.62. The molecule has 94 valence electrons. The highest BCUT2D eigenvalue weighted by Gasteiger charge is 2.06. The summed E-state index contributed by atoms with van der Waals surface area (Å²) in [6.45, 7) is 4.83. The lowest BCUT2D eigenvalue weighted by molar-refractivity contribution is 0.128. The van der Waals surface area contributed by atoms with E-state index in [2.05, 4.69) is 9.97 Å². The number of benzene rings is 1. The molecule has 1 heterocycles. The SMILES string of the molecule is CCOCc1nc(-c2ccccc2C)cc(=O)[nH]1. The molecule has 0 atom stereocenters. The van der Waals surface area contributed by atoms with Crippen LogP contribution in [0.25, 0.3) is 11.3 Å². The quantitative estimate of drug-likeness (QED) is 0.897. The van der Waals surface area contributed by atoms with Gasteiger partial charge in [0, 0.05) is 18.2 Å². The van der Waals surface area contributed by atoms with E-state index in [4.69, 9.17) is 4.74 Å². The zero-order chi connectivity index (χ0) is 13.0. The summed E-state index contributed by atoms with van der Waals surface area (Å²) in [4.78, 5) is 18.7. The maximum absolute atomic E-state index is 11.6. The third-order valence-corrected chi connectivity index (χ3v) is 2.65. The summed E-state index contributed by atoms with van der Waals surface area (Å²) in [6, 6.07) is 9.38. The van der Waals surface area contributed by atoms with E-state index in [1.54, 1.807) is 0 Å². The molecule has 1 aromatic heterocycles. The van der Waals surface area contributed by atoms with Gasteiger partial charge in [-0.15, -0.1) is 0 Å². The fraction of sp³-hybridized carbons (Fsp3) is 0.286. The number of hydrogen-bond donors (Lipinski definition) is 1. The van der Waals surface area contributed by atoms with Crippen molar-refractivity contribution in [2.45, 2.75) is 20.5 Å². The van der Waals surface area contributed by atoms with Gasteiger partial charge >= 0.3 is 0 Å². The minimum atomic E-state index is -0.155. The van der Waals surface area contributed by atoms with Gasteiger partial charge in [0.1, 0.15) is 12.4 Å². The fourth-order valence-electron chi connectivity index (χ4n) is 1.77. The summed E-state index contributed by atoms with van der Waals surface area (Å²) in [5, 5.41) is 0.